The van der Waals surface area contributed by atoms with Crippen LogP contribution in [0.25, 0.3) is 0 Å². The van der Waals surface area contributed by atoms with E-state index in [4.69, 9.17) is 11.6 Å². The van der Waals surface area contributed by atoms with E-state index in [9.17, 15) is 18.8 Å². The topological polar surface area (TPSA) is 90.9 Å². The zero-order valence-corrected chi connectivity index (χ0v) is 15.4. The number of nitrogens with zero attached hydrogens (tertiary/aromatic N) is 2. The van der Waals surface area contributed by atoms with Gasteiger partial charge in [0.25, 0.3) is 5.91 Å². The number of nitrogens with one attached hydrogen (secondary N) is 2. The monoisotopic (exact) mass is 402 g/mol. The fourth-order valence-electron chi connectivity index (χ4n) is 2.53. The minimum atomic E-state index is -0.514. The van der Waals surface area contributed by atoms with Crippen molar-refractivity contribution in [2.45, 2.75) is 12.8 Å². The summed E-state index contributed by atoms with van der Waals surface area (Å²) in [5, 5.41) is 10.6. The van der Waals surface area contributed by atoms with Gasteiger partial charge in [0.1, 0.15) is 18.1 Å². The lowest BCUT2D eigenvalue weighted by Crippen LogP contribution is -2.40. The second-order valence-electron chi connectivity index (χ2n) is 6.02. The van der Waals surface area contributed by atoms with Crippen LogP contribution >= 0.6 is 11.6 Å². The van der Waals surface area contributed by atoms with Gasteiger partial charge in [0, 0.05) is 29.2 Å². The molecule has 28 heavy (non-hydrogen) atoms. The number of hydrogen-bond acceptors (Lipinski definition) is 4. The largest absolute Gasteiger partial charge is 0.324 e. The fourth-order valence-corrected chi connectivity index (χ4v) is 2.72. The van der Waals surface area contributed by atoms with Crippen LogP contribution in [0.2, 0.25) is 5.02 Å². The molecule has 2 N–H and O–H groups in total. The molecule has 0 atom stereocenters. The second-order valence-corrected chi connectivity index (χ2v) is 6.45. The molecule has 0 spiro atoms. The third kappa shape index (κ3) is 5.14. The highest BCUT2D eigenvalue weighted by Crippen LogP contribution is 2.16. The number of anilines is 2. The molecular formula is C19H16ClFN4O3. The van der Waals surface area contributed by atoms with Crippen molar-refractivity contribution < 1.29 is 18.8 Å². The lowest BCUT2D eigenvalue weighted by Gasteiger charge is -2.22. The van der Waals surface area contributed by atoms with Gasteiger partial charge in [-0.1, -0.05) is 17.7 Å². The summed E-state index contributed by atoms with van der Waals surface area (Å²) in [7, 11) is 0. The van der Waals surface area contributed by atoms with Crippen molar-refractivity contribution in [3.05, 3.63) is 59.4 Å². The van der Waals surface area contributed by atoms with E-state index in [0.717, 1.165) is 5.01 Å². The van der Waals surface area contributed by atoms with Gasteiger partial charge in [-0.2, -0.15) is 5.10 Å². The Bertz CT molecular complexity index is 946. The molecule has 3 amide bonds. The van der Waals surface area contributed by atoms with E-state index in [1.807, 2.05) is 0 Å². The molecule has 1 aliphatic heterocycles. The molecule has 0 saturated carbocycles. The molecule has 1 aliphatic rings. The minimum absolute atomic E-state index is 0.0557. The van der Waals surface area contributed by atoms with Crippen LogP contribution in [0.1, 0.15) is 12.8 Å². The Morgan fingerprint density at radius 2 is 1.82 bits per heavy atom. The Hall–Kier alpha value is -3.26. The molecule has 0 bridgehead atoms. The van der Waals surface area contributed by atoms with Crippen LogP contribution in [-0.4, -0.2) is 35.0 Å². The summed E-state index contributed by atoms with van der Waals surface area (Å²) in [5.41, 5.74) is 0.996. The predicted octanol–water partition coefficient (Wildman–Crippen LogP) is 3.03. The molecule has 2 aromatic carbocycles. The summed E-state index contributed by atoms with van der Waals surface area (Å²) >= 11 is 5.87. The first kappa shape index (κ1) is 19.5. The molecule has 0 unspecified atom stereocenters. The van der Waals surface area contributed by atoms with Crippen molar-refractivity contribution in [1.29, 1.82) is 0 Å². The van der Waals surface area contributed by atoms with Gasteiger partial charge in [-0.3, -0.25) is 14.4 Å². The van der Waals surface area contributed by atoms with Crippen LogP contribution in [0.15, 0.2) is 53.6 Å². The normalized spacial score (nSPS) is 13.7. The van der Waals surface area contributed by atoms with Crippen molar-refractivity contribution in [3.63, 3.8) is 0 Å². The van der Waals surface area contributed by atoms with Gasteiger partial charge in [-0.25, -0.2) is 9.40 Å². The van der Waals surface area contributed by atoms with Gasteiger partial charge in [-0.05, 0) is 42.5 Å². The Labute approximate surface area is 165 Å². The molecule has 2 aromatic rings. The van der Waals surface area contributed by atoms with Crippen LogP contribution in [0, 0.1) is 5.82 Å². The van der Waals surface area contributed by atoms with E-state index in [1.165, 1.54) is 24.3 Å². The van der Waals surface area contributed by atoms with E-state index >= 15 is 0 Å². The van der Waals surface area contributed by atoms with E-state index in [-0.39, 0.29) is 31.0 Å². The molecular weight excluding hydrogens is 387 g/mol. The van der Waals surface area contributed by atoms with Crippen molar-refractivity contribution in [1.82, 2.24) is 5.01 Å². The molecule has 144 valence electrons. The maximum atomic E-state index is 12.9. The predicted molar refractivity (Wildman–Crippen MR) is 103 cm³/mol. The Kier molecular flexibility index (Phi) is 6.00. The van der Waals surface area contributed by atoms with Crippen molar-refractivity contribution in [2.75, 3.05) is 17.2 Å². The number of amides is 3. The molecule has 7 nitrogen and oxygen atoms in total. The molecule has 3 rings (SSSR count). The lowest BCUT2D eigenvalue weighted by molar-refractivity contribution is -0.135. The Morgan fingerprint density at radius 1 is 1.07 bits per heavy atom. The number of carbonyl (C=O) groups excluding carboxylic acids is 3. The highest BCUT2D eigenvalue weighted by Gasteiger charge is 2.26. The number of carbonyl (C=O) groups is 3. The van der Waals surface area contributed by atoms with E-state index in [2.05, 4.69) is 15.7 Å². The summed E-state index contributed by atoms with van der Waals surface area (Å²) in [4.78, 5) is 36.6. The number of hydrogen-bond donors (Lipinski definition) is 2. The quantitative estimate of drug-likeness (QED) is 0.805. The Morgan fingerprint density at radius 3 is 2.54 bits per heavy atom. The SMILES string of the molecule is O=C(CN1N=C(C(=O)Nc2ccc(F)cc2)CCC1=O)Nc1cccc(Cl)c1. The summed E-state index contributed by atoms with van der Waals surface area (Å²) in [6.07, 6.45) is 0.207. The summed E-state index contributed by atoms with van der Waals surface area (Å²) in [5.74, 6) is -1.77. The molecule has 0 fully saturated rings. The average Bonchev–Trinajstić information content (AvgIpc) is 2.65. The standard InChI is InChI=1S/C19H16ClFN4O3/c20-12-2-1-3-15(10-12)22-17(26)11-25-18(27)9-8-16(24-25)19(28)23-14-6-4-13(21)5-7-14/h1-7,10H,8-9,11H2,(H,22,26)(H,23,28). The number of rotatable bonds is 5. The van der Waals surface area contributed by atoms with Gasteiger partial charge in [0.15, 0.2) is 0 Å². The van der Waals surface area contributed by atoms with Gasteiger partial charge >= 0.3 is 0 Å². The first-order chi connectivity index (χ1) is 13.4. The zero-order chi connectivity index (χ0) is 20.1. The van der Waals surface area contributed by atoms with Crippen molar-refractivity contribution >= 4 is 46.4 Å². The second kappa shape index (κ2) is 8.62. The fraction of sp³-hybridized carbons (Fsp3) is 0.158. The van der Waals surface area contributed by atoms with Crippen LogP contribution in [0.4, 0.5) is 15.8 Å². The van der Waals surface area contributed by atoms with Gasteiger partial charge in [-0.15, -0.1) is 0 Å². The van der Waals surface area contributed by atoms with Crippen LogP contribution in [0.3, 0.4) is 0 Å². The lowest BCUT2D eigenvalue weighted by atomic mass is 10.1. The zero-order valence-electron chi connectivity index (χ0n) is 14.6. The minimum Gasteiger partial charge on any atom is -0.324 e. The molecule has 9 heteroatoms. The summed E-state index contributed by atoms with van der Waals surface area (Å²) < 4.78 is 12.9. The smallest absolute Gasteiger partial charge is 0.271 e. The molecule has 0 radical (unpaired) electrons. The van der Waals surface area contributed by atoms with E-state index < -0.39 is 17.6 Å². The van der Waals surface area contributed by atoms with Crippen LogP contribution < -0.4 is 10.6 Å². The van der Waals surface area contributed by atoms with Gasteiger partial charge in [0.05, 0.1) is 0 Å². The first-order valence-electron chi connectivity index (χ1n) is 8.41. The Balaban J connectivity index is 1.65. The van der Waals surface area contributed by atoms with Gasteiger partial charge in [0.2, 0.25) is 11.8 Å². The van der Waals surface area contributed by atoms with Crippen LogP contribution in [-0.2, 0) is 14.4 Å². The van der Waals surface area contributed by atoms with E-state index in [0.29, 0.717) is 16.4 Å². The van der Waals surface area contributed by atoms with Crippen molar-refractivity contribution in [2.24, 2.45) is 5.10 Å². The maximum absolute atomic E-state index is 12.9. The summed E-state index contributed by atoms with van der Waals surface area (Å²) in [6, 6.07) is 11.8. The molecule has 0 aromatic heterocycles. The number of benzene rings is 2. The molecule has 0 saturated heterocycles. The third-order valence-electron chi connectivity index (χ3n) is 3.87. The summed E-state index contributed by atoms with van der Waals surface area (Å²) in [6.45, 7) is -0.335. The molecule has 0 aliphatic carbocycles. The molecule has 1 heterocycles. The number of halogens is 2. The third-order valence-corrected chi connectivity index (χ3v) is 4.11. The maximum Gasteiger partial charge on any atom is 0.271 e. The van der Waals surface area contributed by atoms with Gasteiger partial charge < -0.3 is 10.6 Å². The average molecular weight is 403 g/mol. The highest BCUT2D eigenvalue weighted by atomic mass is 35.5. The van der Waals surface area contributed by atoms with Crippen LogP contribution in [0.5, 0.6) is 0 Å². The van der Waals surface area contributed by atoms with E-state index in [1.54, 1.807) is 24.3 Å². The number of hydrazone groups is 1. The van der Waals surface area contributed by atoms with Crippen molar-refractivity contribution in [3.8, 4) is 0 Å². The highest BCUT2D eigenvalue weighted by molar-refractivity contribution is 6.43. The first-order valence-corrected chi connectivity index (χ1v) is 8.79.